The zero-order chi connectivity index (χ0) is 21.3. The minimum atomic E-state index is 0.0977. The van der Waals surface area contributed by atoms with Crippen molar-refractivity contribution in [1.29, 1.82) is 0 Å². The maximum Gasteiger partial charge on any atom is 0.253 e. The number of hydrogen-bond acceptors (Lipinski definition) is 2. The summed E-state index contributed by atoms with van der Waals surface area (Å²) in [6.45, 7) is 6.46. The van der Waals surface area contributed by atoms with Crippen LogP contribution in [0.15, 0.2) is 54.6 Å². The van der Waals surface area contributed by atoms with E-state index in [9.17, 15) is 9.59 Å². The van der Waals surface area contributed by atoms with Crippen LogP contribution in [0.5, 0.6) is 0 Å². The highest BCUT2D eigenvalue weighted by molar-refractivity contribution is 5.94. The average Bonchev–Trinajstić information content (AvgIpc) is 2.79. The number of rotatable bonds is 8. The zero-order valence-electron chi connectivity index (χ0n) is 18.3. The predicted molar refractivity (Wildman–Crippen MR) is 121 cm³/mol. The molecule has 0 radical (unpaired) electrons. The topological polar surface area (TPSA) is 40.6 Å². The number of amides is 2. The second-order valence-electron chi connectivity index (χ2n) is 8.32. The summed E-state index contributed by atoms with van der Waals surface area (Å²) in [6.07, 6.45) is 5.11. The molecule has 0 atom stereocenters. The fourth-order valence-corrected chi connectivity index (χ4v) is 4.24. The third kappa shape index (κ3) is 5.94. The molecule has 0 saturated carbocycles. The third-order valence-corrected chi connectivity index (χ3v) is 5.97. The van der Waals surface area contributed by atoms with Gasteiger partial charge in [-0.05, 0) is 56.7 Å². The maximum atomic E-state index is 13.0. The third-order valence-electron chi connectivity index (χ3n) is 5.97. The smallest absolute Gasteiger partial charge is 0.253 e. The van der Waals surface area contributed by atoms with Gasteiger partial charge in [-0.15, -0.1) is 0 Å². The van der Waals surface area contributed by atoms with Gasteiger partial charge >= 0.3 is 0 Å². The molecule has 0 bridgehead atoms. The Kier molecular flexibility index (Phi) is 8.06. The normalized spacial score (nSPS) is 14.5. The van der Waals surface area contributed by atoms with Crippen LogP contribution in [-0.4, -0.2) is 47.3 Å². The standard InChI is InChI=1S/C26H34N2O2/c1-3-18-28(25(29)11-7-8-22-14-12-21(2)13-15-22)24-16-19-27(20-17-24)26(30)23-9-5-4-6-10-23/h4-6,9-10,12-15,24H,3,7-8,11,16-20H2,1-2H3. The molecule has 0 unspecified atom stereocenters. The van der Waals surface area contributed by atoms with Crippen LogP contribution in [-0.2, 0) is 11.2 Å². The van der Waals surface area contributed by atoms with E-state index in [4.69, 9.17) is 0 Å². The van der Waals surface area contributed by atoms with E-state index in [1.807, 2.05) is 35.2 Å². The molecule has 1 aliphatic heterocycles. The summed E-state index contributed by atoms with van der Waals surface area (Å²) < 4.78 is 0. The molecule has 1 fully saturated rings. The molecule has 4 heteroatoms. The van der Waals surface area contributed by atoms with E-state index in [0.717, 1.165) is 57.3 Å². The molecule has 2 aromatic carbocycles. The van der Waals surface area contributed by atoms with Gasteiger partial charge in [0.05, 0.1) is 0 Å². The van der Waals surface area contributed by atoms with Crippen LogP contribution in [0.1, 0.15) is 60.5 Å². The molecule has 0 aliphatic carbocycles. The summed E-state index contributed by atoms with van der Waals surface area (Å²) in [5, 5.41) is 0. The van der Waals surface area contributed by atoms with Crippen LogP contribution in [0, 0.1) is 6.92 Å². The highest BCUT2D eigenvalue weighted by atomic mass is 16.2. The van der Waals surface area contributed by atoms with Gasteiger partial charge in [-0.2, -0.15) is 0 Å². The second kappa shape index (κ2) is 11.0. The Morgan fingerprint density at radius 2 is 1.67 bits per heavy atom. The lowest BCUT2D eigenvalue weighted by atomic mass is 10.0. The first-order valence-corrected chi connectivity index (χ1v) is 11.3. The summed E-state index contributed by atoms with van der Waals surface area (Å²) in [5.74, 6) is 0.359. The Morgan fingerprint density at radius 3 is 2.30 bits per heavy atom. The Labute approximate surface area is 180 Å². The minimum absolute atomic E-state index is 0.0977. The predicted octanol–water partition coefficient (Wildman–Crippen LogP) is 4.86. The van der Waals surface area contributed by atoms with Crippen LogP contribution in [0.3, 0.4) is 0 Å². The Hall–Kier alpha value is -2.62. The zero-order valence-corrected chi connectivity index (χ0v) is 18.3. The van der Waals surface area contributed by atoms with E-state index in [-0.39, 0.29) is 17.9 Å². The van der Waals surface area contributed by atoms with Crippen molar-refractivity contribution in [2.45, 2.75) is 58.4 Å². The van der Waals surface area contributed by atoms with Crippen molar-refractivity contribution in [2.24, 2.45) is 0 Å². The van der Waals surface area contributed by atoms with Crippen LogP contribution < -0.4 is 0 Å². The molecule has 160 valence electrons. The number of likely N-dealkylation sites (tertiary alicyclic amines) is 1. The van der Waals surface area contributed by atoms with E-state index >= 15 is 0 Å². The van der Waals surface area contributed by atoms with E-state index in [2.05, 4.69) is 43.0 Å². The summed E-state index contributed by atoms with van der Waals surface area (Å²) in [5.41, 5.74) is 3.30. The molecule has 1 saturated heterocycles. The van der Waals surface area contributed by atoms with Crippen molar-refractivity contribution in [3.8, 4) is 0 Å². The van der Waals surface area contributed by atoms with Gasteiger partial charge in [0.2, 0.25) is 5.91 Å². The number of nitrogens with zero attached hydrogens (tertiary/aromatic N) is 2. The Morgan fingerprint density at radius 1 is 1.00 bits per heavy atom. The molecule has 4 nitrogen and oxygen atoms in total. The summed E-state index contributed by atoms with van der Waals surface area (Å²) in [6, 6.07) is 18.3. The highest BCUT2D eigenvalue weighted by Gasteiger charge is 2.29. The van der Waals surface area contributed by atoms with Gasteiger partial charge < -0.3 is 9.80 Å². The molecule has 0 spiro atoms. The number of piperidine rings is 1. The van der Waals surface area contributed by atoms with E-state index < -0.39 is 0 Å². The average molecular weight is 407 g/mol. The fourth-order valence-electron chi connectivity index (χ4n) is 4.24. The Bertz CT molecular complexity index is 809. The van der Waals surface area contributed by atoms with Crippen molar-refractivity contribution >= 4 is 11.8 Å². The lowest BCUT2D eigenvalue weighted by Gasteiger charge is -2.38. The molecular formula is C26H34N2O2. The number of carbonyl (C=O) groups is 2. The molecular weight excluding hydrogens is 372 g/mol. The molecule has 3 rings (SSSR count). The van der Waals surface area contributed by atoms with Crippen LogP contribution >= 0.6 is 0 Å². The highest BCUT2D eigenvalue weighted by Crippen LogP contribution is 2.20. The van der Waals surface area contributed by atoms with Crippen molar-refractivity contribution in [3.63, 3.8) is 0 Å². The largest absolute Gasteiger partial charge is 0.340 e. The molecule has 1 aliphatic rings. The number of aryl methyl sites for hydroxylation is 2. The van der Waals surface area contributed by atoms with Crippen molar-refractivity contribution in [3.05, 3.63) is 71.3 Å². The van der Waals surface area contributed by atoms with Gasteiger partial charge in [0, 0.05) is 37.7 Å². The first kappa shape index (κ1) is 22.1. The van der Waals surface area contributed by atoms with Gasteiger partial charge in [0.15, 0.2) is 0 Å². The van der Waals surface area contributed by atoms with Gasteiger partial charge in [-0.1, -0.05) is 55.0 Å². The molecule has 2 aromatic rings. The van der Waals surface area contributed by atoms with Gasteiger partial charge in [-0.3, -0.25) is 9.59 Å². The monoisotopic (exact) mass is 406 g/mol. The first-order valence-electron chi connectivity index (χ1n) is 11.3. The molecule has 30 heavy (non-hydrogen) atoms. The molecule has 0 N–H and O–H groups in total. The SMILES string of the molecule is CCCN(C(=O)CCCc1ccc(C)cc1)C1CCN(C(=O)c2ccccc2)CC1. The first-order chi connectivity index (χ1) is 14.6. The van der Waals surface area contributed by atoms with E-state index in [1.165, 1.54) is 11.1 Å². The second-order valence-corrected chi connectivity index (χ2v) is 8.32. The van der Waals surface area contributed by atoms with Gasteiger partial charge in [0.25, 0.3) is 5.91 Å². The number of carbonyl (C=O) groups excluding carboxylic acids is 2. The fraction of sp³-hybridized carbons (Fsp3) is 0.462. The molecule has 0 aromatic heterocycles. The summed E-state index contributed by atoms with van der Waals surface area (Å²) >= 11 is 0. The van der Waals surface area contributed by atoms with Crippen molar-refractivity contribution in [1.82, 2.24) is 9.80 Å². The quantitative estimate of drug-likeness (QED) is 0.628. The number of benzene rings is 2. The maximum absolute atomic E-state index is 13.0. The van der Waals surface area contributed by atoms with E-state index in [1.54, 1.807) is 0 Å². The van der Waals surface area contributed by atoms with Gasteiger partial charge in [0.1, 0.15) is 0 Å². The van der Waals surface area contributed by atoms with Crippen molar-refractivity contribution in [2.75, 3.05) is 19.6 Å². The lowest BCUT2D eigenvalue weighted by molar-refractivity contribution is -0.134. The van der Waals surface area contributed by atoms with E-state index in [0.29, 0.717) is 6.42 Å². The summed E-state index contributed by atoms with van der Waals surface area (Å²) in [4.78, 5) is 29.6. The van der Waals surface area contributed by atoms with Crippen LogP contribution in [0.25, 0.3) is 0 Å². The minimum Gasteiger partial charge on any atom is -0.340 e. The van der Waals surface area contributed by atoms with Crippen molar-refractivity contribution < 1.29 is 9.59 Å². The molecule has 1 heterocycles. The number of hydrogen-bond donors (Lipinski definition) is 0. The Balaban J connectivity index is 1.50. The van der Waals surface area contributed by atoms with Crippen LogP contribution in [0.4, 0.5) is 0 Å². The van der Waals surface area contributed by atoms with Gasteiger partial charge in [-0.25, -0.2) is 0 Å². The lowest BCUT2D eigenvalue weighted by Crippen LogP contribution is -2.49. The summed E-state index contributed by atoms with van der Waals surface area (Å²) in [7, 11) is 0. The molecule has 2 amide bonds. The van der Waals surface area contributed by atoms with Crippen LogP contribution in [0.2, 0.25) is 0 Å².